The van der Waals surface area contributed by atoms with E-state index in [9.17, 15) is 0 Å². The summed E-state index contributed by atoms with van der Waals surface area (Å²) < 4.78 is 2.81. The number of nitrogens with zero attached hydrogens (tertiary/aromatic N) is 4. The van der Waals surface area contributed by atoms with E-state index in [0.29, 0.717) is 6.04 Å². The molecule has 86 valence electrons. The van der Waals surface area contributed by atoms with Gasteiger partial charge in [0.25, 0.3) is 0 Å². The summed E-state index contributed by atoms with van der Waals surface area (Å²) in [5.74, 6) is 0.928. The maximum Gasteiger partial charge on any atom is 0.180 e. The van der Waals surface area contributed by atoms with Crippen LogP contribution in [0.15, 0.2) is 23.2 Å². The molecule has 0 radical (unpaired) electrons. The van der Waals surface area contributed by atoms with Gasteiger partial charge in [0.2, 0.25) is 0 Å². The highest BCUT2D eigenvalue weighted by atomic mass is 79.9. The summed E-state index contributed by atoms with van der Waals surface area (Å²) in [6.45, 7) is 7.36. The topological polar surface area (TPSA) is 33.4 Å². The first-order valence-corrected chi connectivity index (χ1v) is 6.18. The predicted molar refractivity (Wildman–Crippen MR) is 68.8 cm³/mol. The number of aromatic nitrogens is 3. The molecule has 0 N–H and O–H groups in total. The van der Waals surface area contributed by atoms with Crippen molar-refractivity contribution in [1.82, 2.24) is 14.4 Å². The number of imidazole rings is 1. The molecule has 2 heterocycles. The van der Waals surface area contributed by atoms with E-state index in [2.05, 4.69) is 51.6 Å². The van der Waals surface area contributed by atoms with Crippen molar-refractivity contribution >= 4 is 27.4 Å². The second-order valence-corrected chi connectivity index (χ2v) is 4.74. The van der Waals surface area contributed by atoms with Crippen molar-refractivity contribution in [3.8, 4) is 0 Å². The molecule has 2 rings (SSSR count). The predicted octanol–water partition coefficient (Wildman–Crippen LogP) is 2.73. The van der Waals surface area contributed by atoms with Crippen molar-refractivity contribution in [1.29, 1.82) is 0 Å². The minimum Gasteiger partial charge on any atom is -0.351 e. The quantitative estimate of drug-likeness (QED) is 0.868. The van der Waals surface area contributed by atoms with Gasteiger partial charge in [0.05, 0.1) is 0 Å². The zero-order valence-electron chi connectivity index (χ0n) is 9.68. The summed E-state index contributed by atoms with van der Waals surface area (Å²) in [5.41, 5.74) is 0.902. The van der Waals surface area contributed by atoms with Gasteiger partial charge in [-0.2, -0.15) is 0 Å². The van der Waals surface area contributed by atoms with E-state index in [0.717, 1.165) is 22.6 Å². The van der Waals surface area contributed by atoms with E-state index in [1.165, 1.54) is 0 Å². The molecule has 0 aliphatic heterocycles. The molecule has 0 spiro atoms. The van der Waals surface area contributed by atoms with Gasteiger partial charge < -0.3 is 9.30 Å². The van der Waals surface area contributed by atoms with Crippen LogP contribution in [-0.4, -0.2) is 27.0 Å². The average molecular weight is 283 g/mol. The SMILES string of the molecule is CCN(c1nc(Br)cn2ccnc12)C(C)C. The molecule has 16 heavy (non-hydrogen) atoms. The Morgan fingerprint density at radius 3 is 2.88 bits per heavy atom. The van der Waals surface area contributed by atoms with Crippen molar-refractivity contribution in [2.24, 2.45) is 0 Å². The Morgan fingerprint density at radius 1 is 1.50 bits per heavy atom. The van der Waals surface area contributed by atoms with Crippen molar-refractivity contribution in [3.63, 3.8) is 0 Å². The molecule has 4 nitrogen and oxygen atoms in total. The molecule has 0 aromatic carbocycles. The first kappa shape index (κ1) is 11.4. The van der Waals surface area contributed by atoms with Crippen LogP contribution in [0.3, 0.4) is 0 Å². The Bertz CT molecular complexity index is 492. The fraction of sp³-hybridized carbons (Fsp3) is 0.455. The Labute approximate surface area is 103 Å². The van der Waals surface area contributed by atoms with E-state index in [1.807, 2.05) is 16.8 Å². The molecule has 0 unspecified atom stereocenters. The normalized spacial score (nSPS) is 11.3. The number of anilines is 1. The lowest BCUT2D eigenvalue weighted by Crippen LogP contribution is -2.31. The third-order valence-electron chi connectivity index (χ3n) is 2.56. The van der Waals surface area contributed by atoms with Crippen LogP contribution in [0, 0.1) is 0 Å². The van der Waals surface area contributed by atoms with Gasteiger partial charge in [-0.25, -0.2) is 9.97 Å². The summed E-state index contributed by atoms with van der Waals surface area (Å²) >= 11 is 3.43. The van der Waals surface area contributed by atoms with Gasteiger partial charge >= 0.3 is 0 Å². The minimum atomic E-state index is 0.410. The van der Waals surface area contributed by atoms with E-state index in [-0.39, 0.29) is 0 Å². The maximum atomic E-state index is 4.53. The third-order valence-corrected chi connectivity index (χ3v) is 2.95. The van der Waals surface area contributed by atoms with Crippen molar-refractivity contribution in [2.75, 3.05) is 11.4 Å². The van der Waals surface area contributed by atoms with Crippen LogP contribution in [0.5, 0.6) is 0 Å². The highest BCUT2D eigenvalue weighted by Gasteiger charge is 2.15. The molecule has 0 aliphatic rings. The first-order chi connectivity index (χ1) is 7.63. The second-order valence-electron chi connectivity index (χ2n) is 3.93. The lowest BCUT2D eigenvalue weighted by atomic mass is 10.3. The minimum absolute atomic E-state index is 0.410. The van der Waals surface area contributed by atoms with Crippen molar-refractivity contribution in [3.05, 3.63) is 23.2 Å². The number of hydrogen-bond acceptors (Lipinski definition) is 3. The summed E-state index contributed by atoms with van der Waals surface area (Å²) in [7, 11) is 0. The fourth-order valence-electron chi connectivity index (χ4n) is 1.84. The highest BCUT2D eigenvalue weighted by Crippen LogP contribution is 2.22. The second kappa shape index (κ2) is 4.41. The Hall–Kier alpha value is -1.10. The molecular formula is C11H15BrN4. The van der Waals surface area contributed by atoms with Gasteiger partial charge in [-0.15, -0.1) is 0 Å². The standard InChI is InChI=1S/C11H15BrN4/c1-4-16(8(2)3)11-10-13-5-6-15(10)7-9(12)14-11/h5-8H,4H2,1-3H3. The van der Waals surface area contributed by atoms with Gasteiger partial charge in [0.15, 0.2) is 11.5 Å². The summed E-state index contributed by atoms with van der Waals surface area (Å²) in [6, 6.07) is 0.410. The lowest BCUT2D eigenvalue weighted by molar-refractivity contribution is 0.692. The van der Waals surface area contributed by atoms with Crippen LogP contribution in [0.25, 0.3) is 5.65 Å². The highest BCUT2D eigenvalue weighted by molar-refractivity contribution is 9.10. The Kier molecular flexibility index (Phi) is 3.14. The fourth-order valence-corrected chi connectivity index (χ4v) is 2.23. The molecule has 0 atom stereocenters. The van der Waals surface area contributed by atoms with Gasteiger partial charge in [-0.05, 0) is 36.7 Å². The third kappa shape index (κ3) is 1.91. The Balaban J connectivity index is 2.61. The zero-order chi connectivity index (χ0) is 11.7. The van der Waals surface area contributed by atoms with E-state index in [4.69, 9.17) is 0 Å². The molecule has 0 bridgehead atoms. The van der Waals surface area contributed by atoms with E-state index in [1.54, 1.807) is 6.20 Å². The summed E-state index contributed by atoms with van der Waals surface area (Å²) in [5, 5.41) is 0. The van der Waals surface area contributed by atoms with Gasteiger partial charge in [-0.3, -0.25) is 0 Å². The molecule has 0 saturated carbocycles. The molecule has 0 fully saturated rings. The van der Waals surface area contributed by atoms with Gasteiger partial charge in [0.1, 0.15) is 4.60 Å². The molecule has 0 saturated heterocycles. The number of fused-ring (bicyclic) bond motifs is 1. The van der Waals surface area contributed by atoms with E-state index >= 15 is 0 Å². The molecule has 2 aromatic heterocycles. The molecule has 0 aliphatic carbocycles. The zero-order valence-corrected chi connectivity index (χ0v) is 11.3. The summed E-state index contributed by atoms with van der Waals surface area (Å²) in [6.07, 6.45) is 5.64. The molecule has 2 aromatic rings. The largest absolute Gasteiger partial charge is 0.351 e. The van der Waals surface area contributed by atoms with Gasteiger partial charge in [-0.1, -0.05) is 0 Å². The van der Waals surface area contributed by atoms with Crippen LogP contribution < -0.4 is 4.90 Å². The first-order valence-electron chi connectivity index (χ1n) is 5.39. The van der Waals surface area contributed by atoms with Crippen molar-refractivity contribution in [2.45, 2.75) is 26.8 Å². The lowest BCUT2D eigenvalue weighted by Gasteiger charge is -2.26. The van der Waals surface area contributed by atoms with Gasteiger partial charge in [0, 0.05) is 31.2 Å². The molecule has 5 heteroatoms. The van der Waals surface area contributed by atoms with Crippen molar-refractivity contribution < 1.29 is 0 Å². The van der Waals surface area contributed by atoms with E-state index < -0.39 is 0 Å². The monoisotopic (exact) mass is 282 g/mol. The maximum absolute atomic E-state index is 4.53. The summed E-state index contributed by atoms with van der Waals surface area (Å²) in [4.78, 5) is 11.1. The molecule has 0 amide bonds. The smallest absolute Gasteiger partial charge is 0.180 e. The number of hydrogen-bond donors (Lipinski definition) is 0. The average Bonchev–Trinajstić information content (AvgIpc) is 2.65. The Morgan fingerprint density at radius 2 is 2.25 bits per heavy atom. The van der Waals surface area contributed by atoms with Crippen LogP contribution in [-0.2, 0) is 0 Å². The van der Waals surface area contributed by atoms with Crippen LogP contribution in [0.1, 0.15) is 20.8 Å². The number of halogens is 1. The van der Waals surface area contributed by atoms with Crippen LogP contribution in [0.4, 0.5) is 5.82 Å². The van der Waals surface area contributed by atoms with Crippen LogP contribution in [0.2, 0.25) is 0 Å². The number of rotatable bonds is 3. The molecular weight excluding hydrogens is 268 g/mol. The van der Waals surface area contributed by atoms with Crippen LogP contribution >= 0.6 is 15.9 Å².